The average molecular weight is 452 g/mol. The Balaban J connectivity index is 1.72. The Hall–Kier alpha value is -3.32. The van der Waals surface area contributed by atoms with Crippen LogP contribution in [-0.4, -0.2) is 21.9 Å². The summed E-state index contributed by atoms with van der Waals surface area (Å²) >= 11 is 3.39. The van der Waals surface area contributed by atoms with Crippen LogP contribution >= 0.6 is 15.9 Å². The van der Waals surface area contributed by atoms with Gasteiger partial charge < -0.3 is 10.4 Å². The number of nitrogens with one attached hydrogen (secondary N) is 2. The van der Waals surface area contributed by atoms with Gasteiger partial charge in [0.2, 0.25) is 0 Å². The van der Waals surface area contributed by atoms with Gasteiger partial charge in [0.05, 0.1) is 5.56 Å². The number of benzene rings is 3. The Morgan fingerprint density at radius 1 is 1.07 bits per heavy atom. The summed E-state index contributed by atoms with van der Waals surface area (Å²) in [5.74, 6) is -0.601. The van der Waals surface area contributed by atoms with Crippen LogP contribution in [-0.2, 0) is 0 Å². The SMILES string of the molecule is Cc1ccc(C(=O)NN2C(=O)c3cc(Br)ccc3NC2c2ccc(O)cc2)cc1. The first kappa shape index (κ1) is 19.0. The van der Waals surface area contributed by atoms with Crippen molar-refractivity contribution < 1.29 is 14.7 Å². The predicted octanol–water partition coefficient (Wildman–Crippen LogP) is 4.37. The maximum Gasteiger partial charge on any atom is 0.276 e. The highest BCUT2D eigenvalue weighted by Gasteiger charge is 2.34. The van der Waals surface area contributed by atoms with Crippen molar-refractivity contribution in [2.75, 3.05) is 5.32 Å². The number of phenolic OH excluding ortho intramolecular Hbond substituents is 1. The number of hydrogen-bond donors (Lipinski definition) is 3. The number of carbonyl (C=O) groups excluding carboxylic acids is 2. The monoisotopic (exact) mass is 451 g/mol. The predicted molar refractivity (Wildman–Crippen MR) is 113 cm³/mol. The van der Waals surface area contributed by atoms with Crippen molar-refractivity contribution in [3.63, 3.8) is 0 Å². The molecule has 1 atom stereocenters. The number of anilines is 1. The number of amides is 2. The summed E-state index contributed by atoms with van der Waals surface area (Å²) < 4.78 is 0.763. The van der Waals surface area contributed by atoms with Crippen LogP contribution in [0.5, 0.6) is 5.75 Å². The van der Waals surface area contributed by atoms with E-state index in [0.717, 1.165) is 10.0 Å². The van der Waals surface area contributed by atoms with Gasteiger partial charge in [0.15, 0.2) is 0 Å². The summed E-state index contributed by atoms with van der Waals surface area (Å²) in [6.07, 6.45) is -0.633. The van der Waals surface area contributed by atoms with Crippen LogP contribution in [0.4, 0.5) is 5.69 Å². The number of phenols is 1. The molecule has 0 spiro atoms. The number of aromatic hydroxyl groups is 1. The zero-order chi connectivity index (χ0) is 20.5. The molecule has 3 aromatic rings. The molecule has 0 fully saturated rings. The Morgan fingerprint density at radius 2 is 1.76 bits per heavy atom. The standard InChI is InChI=1S/C22H18BrN3O3/c1-13-2-4-15(5-3-13)21(28)25-26-20(14-6-9-17(27)10-7-14)24-19-11-8-16(23)12-18(19)22(26)29/h2-12,20,24,27H,1H3,(H,25,28). The van der Waals surface area contributed by atoms with E-state index in [1.807, 2.05) is 31.2 Å². The first-order chi connectivity index (χ1) is 13.9. The normalized spacial score (nSPS) is 15.4. The van der Waals surface area contributed by atoms with E-state index in [1.165, 1.54) is 5.01 Å². The Morgan fingerprint density at radius 3 is 2.45 bits per heavy atom. The van der Waals surface area contributed by atoms with Crippen molar-refractivity contribution in [1.82, 2.24) is 10.4 Å². The topological polar surface area (TPSA) is 81.7 Å². The molecule has 1 heterocycles. The fraction of sp³-hybridized carbons (Fsp3) is 0.0909. The van der Waals surface area contributed by atoms with E-state index in [9.17, 15) is 14.7 Å². The largest absolute Gasteiger partial charge is 0.508 e. The molecule has 0 aromatic heterocycles. The van der Waals surface area contributed by atoms with Gasteiger partial charge in [-0.15, -0.1) is 0 Å². The first-order valence-electron chi connectivity index (χ1n) is 8.98. The summed E-state index contributed by atoms with van der Waals surface area (Å²) in [7, 11) is 0. The van der Waals surface area contributed by atoms with E-state index < -0.39 is 6.17 Å². The number of halogens is 1. The van der Waals surface area contributed by atoms with E-state index in [2.05, 4.69) is 26.7 Å². The van der Waals surface area contributed by atoms with Gasteiger partial charge >= 0.3 is 0 Å². The lowest BCUT2D eigenvalue weighted by Gasteiger charge is -2.37. The minimum atomic E-state index is -0.633. The van der Waals surface area contributed by atoms with Crippen LogP contribution in [0.25, 0.3) is 0 Å². The lowest BCUT2D eigenvalue weighted by atomic mass is 10.0. The molecule has 1 aliphatic heterocycles. The third-order valence-electron chi connectivity index (χ3n) is 4.73. The van der Waals surface area contributed by atoms with Crippen LogP contribution in [0, 0.1) is 6.92 Å². The Labute approximate surface area is 176 Å². The van der Waals surface area contributed by atoms with E-state index >= 15 is 0 Å². The van der Waals surface area contributed by atoms with E-state index in [1.54, 1.807) is 42.5 Å². The molecule has 3 N–H and O–H groups in total. The smallest absolute Gasteiger partial charge is 0.276 e. The lowest BCUT2D eigenvalue weighted by Crippen LogP contribution is -2.52. The molecule has 0 saturated heterocycles. The highest BCUT2D eigenvalue weighted by atomic mass is 79.9. The summed E-state index contributed by atoms with van der Waals surface area (Å²) in [6, 6.07) is 19.0. The second-order valence-electron chi connectivity index (χ2n) is 6.81. The number of aryl methyl sites for hydroxylation is 1. The van der Waals surface area contributed by atoms with Gasteiger partial charge in [0.1, 0.15) is 11.9 Å². The average Bonchev–Trinajstić information content (AvgIpc) is 2.71. The Kier molecular flexibility index (Phi) is 4.98. The molecule has 29 heavy (non-hydrogen) atoms. The van der Waals surface area contributed by atoms with Gasteiger partial charge in [-0.25, -0.2) is 5.01 Å². The third-order valence-corrected chi connectivity index (χ3v) is 5.22. The molecular formula is C22H18BrN3O3. The molecule has 1 aliphatic rings. The molecule has 1 unspecified atom stereocenters. The fourth-order valence-electron chi connectivity index (χ4n) is 3.16. The van der Waals surface area contributed by atoms with Crippen molar-refractivity contribution in [1.29, 1.82) is 0 Å². The maximum absolute atomic E-state index is 13.2. The highest BCUT2D eigenvalue weighted by molar-refractivity contribution is 9.10. The highest BCUT2D eigenvalue weighted by Crippen LogP contribution is 2.34. The minimum Gasteiger partial charge on any atom is -0.508 e. The van der Waals surface area contributed by atoms with Crippen molar-refractivity contribution >= 4 is 33.4 Å². The van der Waals surface area contributed by atoms with Gasteiger partial charge in [-0.1, -0.05) is 45.8 Å². The van der Waals surface area contributed by atoms with E-state index in [-0.39, 0.29) is 17.6 Å². The van der Waals surface area contributed by atoms with Gasteiger partial charge in [-0.05, 0) is 55.0 Å². The summed E-state index contributed by atoms with van der Waals surface area (Å²) in [5.41, 5.74) is 6.05. The van der Waals surface area contributed by atoms with Gasteiger partial charge in [0.25, 0.3) is 11.8 Å². The summed E-state index contributed by atoms with van der Waals surface area (Å²) in [5, 5.41) is 14.2. The van der Waals surface area contributed by atoms with Crippen LogP contribution in [0.1, 0.15) is 38.0 Å². The number of carbonyl (C=O) groups is 2. The van der Waals surface area contributed by atoms with Crippen molar-refractivity contribution in [2.24, 2.45) is 0 Å². The molecule has 4 rings (SSSR count). The van der Waals surface area contributed by atoms with Crippen molar-refractivity contribution in [2.45, 2.75) is 13.1 Å². The quantitative estimate of drug-likeness (QED) is 0.551. The first-order valence-corrected chi connectivity index (χ1v) is 9.78. The Bertz CT molecular complexity index is 1080. The number of hydrazine groups is 1. The van der Waals surface area contributed by atoms with Crippen LogP contribution in [0.2, 0.25) is 0 Å². The zero-order valence-corrected chi connectivity index (χ0v) is 17.1. The number of rotatable bonds is 3. The minimum absolute atomic E-state index is 0.121. The van der Waals surface area contributed by atoms with Gasteiger partial charge in [-0.3, -0.25) is 15.0 Å². The second-order valence-corrected chi connectivity index (χ2v) is 7.73. The molecule has 0 saturated carbocycles. The molecule has 7 heteroatoms. The number of hydrogen-bond acceptors (Lipinski definition) is 4. The van der Waals surface area contributed by atoms with Crippen LogP contribution in [0.15, 0.2) is 71.2 Å². The zero-order valence-electron chi connectivity index (χ0n) is 15.5. The number of nitrogens with zero attached hydrogens (tertiary/aromatic N) is 1. The number of fused-ring (bicyclic) bond motifs is 1. The molecule has 3 aromatic carbocycles. The second kappa shape index (κ2) is 7.60. The fourth-order valence-corrected chi connectivity index (χ4v) is 3.52. The van der Waals surface area contributed by atoms with Gasteiger partial charge in [-0.2, -0.15) is 0 Å². The molecule has 0 aliphatic carbocycles. The molecule has 0 bridgehead atoms. The van der Waals surface area contributed by atoms with Gasteiger partial charge in [0, 0.05) is 15.7 Å². The molecule has 2 amide bonds. The molecule has 6 nitrogen and oxygen atoms in total. The molecule has 0 radical (unpaired) electrons. The molecular weight excluding hydrogens is 434 g/mol. The lowest BCUT2D eigenvalue weighted by molar-refractivity contribution is 0.0491. The summed E-state index contributed by atoms with van der Waals surface area (Å²) in [4.78, 5) is 26.0. The van der Waals surface area contributed by atoms with E-state index in [4.69, 9.17) is 0 Å². The maximum atomic E-state index is 13.2. The molecule has 146 valence electrons. The van der Waals surface area contributed by atoms with Crippen molar-refractivity contribution in [3.8, 4) is 5.75 Å². The van der Waals surface area contributed by atoms with Crippen LogP contribution in [0.3, 0.4) is 0 Å². The summed E-state index contributed by atoms with van der Waals surface area (Å²) in [6.45, 7) is 1.94. The van der Waals surface area contributed by atoms with Crippen LogP contribution < -0.4 is 10.7 Å². The third kappa shape index (κ3) is 3.82. The van der Waals surface area contributed by atoms with Crippen molar-refractivity contribution in [3.05, 3.63) is 93.5 Å². The van der Waals surface area contributed by atoms with E-state index in [0.29, 0.717) is 22.4 Å².